The van der Waals surface area contributed by atoms with Gasteiger partial charge in [0, 0.05) is 11.6 Å². The number of aryl methyl sites for hydroxylation is 1. The monoisotopic (exact) mass is 357 g/mol. The molecule has 2 aromatic heterocycles. The number of carbonyl (C=O) groups is 2. The van der Waals surface area contributed by atoms with Crippen LogP contribution < -0.4 is 5.32 Å². The van der Waals surface area contributed by atoms with Crippen LogP contribution in [0.3, 0.4) is 0 Å². The Kier molecular flexibility index (Phi) is 3.97. The largest absolute Gasteiger partial charge is 0.481 e. The number of aromatic nitrogens is 2. The summed E-state index contributed by atoms with van der Waals surface area (Å²) in [6.45, 7) is 3.62. The molecule has 2 heterocycles. The van der Waals surface area contributed by atoms with Gasteiger partial charge in [-0.05, 0) is 45.6 Å². The summed E-state index contributed by atoms with van der Waals surface area (Å²) in [5.74, 6) is -1.34. The summed E-state index contributed by atoms with van der Waals surface area (Å²) in [5, 5.41) is 17.2. The van der Waals surface area contributed by atoms with Crippen molar-refractivity contribution < 1.29 is 19.2 Å². The maximum Gasteiger partial charge on any atom is 0.308 e. The molecule has 0 saturated heterocycles. The minimum Gasteiger partial charge on any atom is -0.481 e. The highest BCUT2D eigenvalue weighted by atomic mass is 16.5. The van der Waals surface area contributed by atoms with E-state index in [1.165, 1.54) is 0 Å². The summed E-state index contributed by atoms with van der Waals surface area (Å²) in [7, 11) is 0. The van der Waals surface area contributed by atoms with Gasteiger partial charge in [-0.3, -0.25) is 9.59 Å². The van der Waals surface area contributed by atoms with Gasteiger partial charge in [-0.2, -0.15) is 0 Å². The zero-order valence-electron chi connectivity index (χ0n) is 15.0. The molecule has 0 spiro atoms. The number of fused-ring (bicyclic) bond motifs is 1. The molecule has 2 atom stereocenters. The Morgan fingerprint density at radius 1 is 1.31 bits per heavy atom. The quantitative estimate of drug-likeness (QED) is 0.871. The molecule has 2 aromatic rings. The lowest BCUT2D eigenvalue weighted by molar-refractivity contribution is -0.145. The van der Waals surface area contributed by atoms with Crippen LogP contribution in [0.15, 0.2) is 10.6 Å². The molecule has 0 aliphatic heterocycles. The molecule has 0 bridgehead atoms. The molecule has 2 aliphatic carbocycles. The number of hydrogen-bond donors (Lipinski definition) is 2. The van der Waals surface area contributed by atoms with Crippen LogP contribution >= 0.6 is 0 Å². The average Bonchev–Trinajstić information content (AvgIpc) is 3.38. The molecule has 0 aromatic carbocycles. The number of carboxylic acids is 1. The van der Waals surface area contributed by atoms with Crippen LogP contribution in [0.4, 0.5) is 0 Å². The van der Waals surface area contributed by atoms with E-state index in [-0.39, 0.29) is 5.91 Å². The molecule has 138 valence electrons. The maximum absolute atomic E-state index is 13.1. The highest BCUT2D eigenvalue weighted by molar-refractivity contribution is 6.06. The van der Waals surface area contributed by atoms with Crippen LogP contribution in [0.1, 0.15) is 73.1 Å². The third kappa shape index (κ3) is 2.85. The van der Waals surface area contributed by atoms with E-state index >= 15 is 0 Å². The van der Waals surface area contributed by atoms with Crippen molar-refractivity contribution in [2.45, 2.75) is 63.8 Å². The molecule has 4 rings (SSSR count). The van der Waals surface area contributed by atoms with E-state index in [0.29, 0.717) is 41.1 Å². The second kappa shape index (κ2) is 6.07. The van der Waals surface area contributed by atoms with Crippen molar-refractivity contribution in [3.63, 3.8) is 0 Å². The third-order valence-corrected chi connectivity index (χ3v) is 5.78. The highest BCUT2D eigenvalue weighted by Crippen LogP contribution is 2.41. The van der Waals surface area contributed by atoms with E-state index in [0.717, 1.165) is 31.4 Å². The zero-order chi connectivity index (χ0) is 18.5. The number of amides is 1. The van der Waals surface area contributed by atoms with E-state index in [1.807, 2.05) is 13.0 Å². The van der Waals surface area contributed by atoms with Gasteiger partial charge in [0.15, 0.2) is 0 Å². The molecule has 2 N–H and O–H groups in total. The van der Waals surface area contributed by atoms with Gasteiger partial charge in [-0.1, -0.05) is 18.0 Å². The molecule has 2 aliphatic rings. The van der Waals surface area contributed by atoms with Crippen molar-refractivity contribution >= 4 is 23.0 Å². The van der Waals surface area contributed by atoms with Gasteiger partial charge in [-0.25, -0.2) is 4.98 Å². The maximum atomic E-state index is 13.1. The highest BCUT2D eigenvalue weighted by Gasteiger charge is 2.42. The average molecular weight is 357 g/mol. The standard InChI is InChI=1S/C19H23N3O4/c1-10-15-12(9-14(11-6-7-11)20-17(15)26-22-10)16(23)21-19(2)8-4-3-5-13(19)18(24)25/h9,11,13H,3-8H2,1-2H3,(H,21,23)(H,24,25). The van der Waals surface area contributed by atoms with Gasteiger partial charge in [-0.15, -0.1) is 0 Å². The minimum atomic E-state index is -0.854. The van der Waals surface area contributed by atoms with E-state index in [2.05, 4.69) is 15.5 Å². The lowest BCUT2D eigenvalue weighted by atomic mass is 9.73. The second-order valence-corrected chi connectivity index (χ2v) is 7.83. The van der Waals surface area contributed by atoms with Crippen LogP contribution in [-0.4, -0.2) is 32.7 Å². The van der Waals surface area contributed by atoms with Gasteiger partial charge in [0.1, 0.15) is 0 Å². The number of pyridine rings is 1. The number of hydrogen-bond acceptors (Lipinski definition) is 5. The van der Waals surface area contributed by atoms with Crippen LogP contribution in [0, 0.1) is 12.8 Å². The van der Waals surface area contributed by atoms with E-state index in [4.69, 9.17) is 4.52 Å². The van der Waals surface area contributed by atoms with Crippen molar-refractivity contribution in [2.24, 2.45) is 5.92 Å². The van der Waals surface area contributed by atoms with Crippen LogP contribution in [0.2, 0.25) is 0 Å². The number of carbonyl (C=O) groups excluding carboxylic acids is 1. The first kappa shape index (κ1) is 17.0. The molecule has 7 nitrogen and oxygen atoms in total. The fourth-order valence-corrected chi connectivity index (χ4v) is 4.09. The fraction of sp³-hybridized carbons (Fsp3) is 0.579. The SMILES string of the molecule is Cc1noc2nc(C3CC3)cc(C(=O)NC3(C)CCCCC3C(=O)O)c12. The minimum absolute atomic E-state index is 0.277. The Morgan fingerprint density at radius 2 is 2.08 bits per heavy atom. The summed E-state index contributed by atoms with van der Waals surface area (Å²) in [4.78, 5) is 29.3. The molecule has 2 fully saturated rings. The summed E-state index contributed by atoms with van der Waals surface area (Å²) in [6.07, 6.45) is 5.14. The van der Waals surface area contributed by atoms with Crippen molar-refractivity contribution in [3.05, 3.63) is 23.0 Å². The van der Waals surface area contributed by atoms with Gasteiger partial charge < -0.3 is 14.9 Å². The molecular formula is C19H23N3O4. The molecule has 1 amide bonds. The van der Waals surface area contributed by atoms with Gasteiger partial charge in [0.05, 0.1) is 28.1 Å². The number of aliphatic carboxylic acids is 1. The van der Waals surface area contributed by atoms with Crippen molar-refractivity contribution in [1.82, 2.24) is 15.5 Å². The van der Waals surface area contributed by atoms with E-state index in [9.17, 15) is 14.7 Å². The Labute approximate surface area is 151 Å². The molecule has 7 heteroatoms. The lowest BCUT2D eigenvalue weighted by Crippen LogP contribution is -2.55. The van der Waals surface area contributed by atoms with Crippen LogP contribution in [0.25, 0.3) is 11.1 Å². The van der Waals surface area contributed by atoms with Crippen LogP contribution in [-0.2, 0) is 4.79 Å². The summed E-state index contributed by atoms with van der Waals surface area (Å²) in [6, 6.07) is 1.82. The smallest absolute Gasteiger partial charge is 0.308 e. The van der Waals surface area contributed by atoms with Gasteiger partial charge in [0.2, 0.25) is 0 Å². The first-order valence-electron chi connectivity index (χ1n) is 9.21. The first-order chi connectivity index (χ1) is 12.4. The topological polar surface area (TPSA) is 105 Å². The van der Waals surface area contributed by atoms with E-state index in [1.54, 1.807) is 6.92 Å². The Balaban J connectivity index is 1.71. The summed E-state index contributed by atoms with van der Waals surface area (Å²) >= 11 is 0. The predicted molar refractivity (Wildman–Crippen MR) is 94.0 cm³/mol. The van der Waals surface area contributed by atoms with Crippen molar-refractivity contribution in [1.29, 1.82) is 0 Å². The zero-order valence-corrected chi connectivity index (χ0v) is 15.0. The van der Waals surface area contributed by atoms with Gasteiger partial charge >= 0.3 is 5.97 Å². The summed E-state index contributed by atoms with van der Waals surface area (Å²) < 4.78 is 5.30. The van der Waals surface area contributed by atoms with E-state index < -0.39 is 17.4 Å². The lowest BCUT2D eigenvalue weighted by Gasteiger charge is -2.39. The summed E-state index contributed by atoms with van der Waals surface area (Å²) in [5.41, 5.74) is 1.56. The first-order valence-corrected chi connectivity index (χ1v) is 9.21. The van der Waals surface area contributed by atoms with Crippen molar-refractivity contribution in [3.8, 4) is 0 Å². The molecule has 2 unspecified atom stereocenters. The number of nitrogens with zero attached hydrogens (tertiary/aromatic N) is 2. The normalized spacial score (nSPS) is 26.0. The number of nitrogens with one attached hydrogen (secondary N) is 1. The Morgan fingerprint density at radius 3 is 2.77 bits per heavy atom. The van der Waals surface area contributed by atoms with Crippen molar-refractivity contribution in [2.75, 3.05) is 0 Å². The molecule has 2 saturated carbocycles. The molecular weight excluding hydrogens is 334 g/mol. The molecule has 0 radical (unpaired) electrons. The predicted octanol–water partition coefficient (Wildman–Crippen LogP) is 3.17. The number of rotatable bonds is 4. The molecule has 26 heavy (non-hydrogen) atoms. The van der Waals surface area contributed by atoms with Crippen LogP contribution in [0.5, 0.6) is 0 Å². The Hall–Kier alpha value is -2.44. The second-order valence-electron chi connectivity index (χ2n) is 7.83. The third-order valence-electron chi connectivity index (χ3n) is 5.78. The Bertz CT molecular complexity index is 886. The fourth-order valence-electron chi connectivity index (χ4n) is 4.09. The van der Waals surface area contributed by atoms with Gasteiger partial charge in [0.25, 0.3) is 11.6 Å². The number of carboxylic acid groups (broad SMARTS) is 1.